The Morgan fingerprint density at radius 1 is 1.06 bits per heavy atom. The molecule has 0 bridgehead atoms. The monoisotopic (exact) mass is 244 g/mol. The van der Waals surface area contributed by atoms with Gasteiger partial charge in [0.25, 0.3) is 0 Å². The fourth-order valence-electron chi connectivity index (χ4n) is 4.35. The summed E-state index contributed by atoms with van der Waals surface area (Å²) in [6.45, 7) is 0.874. The standard InChI is InChI=1S/C16H20O2/c1-2-6-12(7-3-1)16-10-4-9-14(16)13-8-5-11-17-15(13)18-16/h1-3,6-7,13-15H,4-5,8-11H2/t13-,14+,15+,16-/m1/s1. The molecule has 2 saturated heterocycles. The molecule has 2 aliphatic heterocycles. The maximum absolute atomic E-state index is 6.44. The molecule has 0 amide bonds. The topological polar surface area (TPSA) is 18.5 Å². The van der Waals surface area contributed by atoms with Gasteiger partial charge in [-0.1, -0.05) is 30.3 Å². The maximum atomic E-state index is 6.44. The molecule has 0 spiro atoms. The van der Waals surface area contributed by atoms with Crippen molar-refractivity contribution in [3.8, 4) is 0 Å². The Bertz CT molecular complexity index is 430. The van der Waals surface area contributed by atoms with Crippen LogP contribution in [-0.2, 0) is 15.1 Å². The van der Waals surface area contributed by atoms with Crippen molar-refractivity contribution in [3.63, 3.8) is 0 Å². The van der Waals surface area contributed by atoms with Crippen LogP contribution in [0.5, 0.6) is 0 Å². The first-order valence-electron chi connectivity index (χ1n) is 7.25. The predicted molar refractivity (Wildman–Crippen MR) is 69.0 cm³/mol. The molecule has 96 valence electrons. The minimum atomic E-state index is -0.0407. The van der Waals surface area contributed by atoms with Gasteiger partial charge in [-0.3, -0.25) is 0 Å². The lowest BCUT2D eigenvalue weighted by Gasteiger charge is -2.29. The van der Waals surface area contributed by atoms with Crippen LogP contribution in [0.4, 0.5) is 0 Å². The second-order valence-electron chi connectivity index (χ2n) is 5.92. The number of fused-ring (bicyclic) bond motifs is 3. The van der Waals surface area contributed by atoms with E-state index in [9.17, 15) is 0 Å². The van der Waals surface area contributed by atoms with E-state index in [1.54, 1.807) is 0 Å². The molecule has 4 atom stereocenters. The number of rotatable bonds is 1. The van der Waals surface area contributed by atoms with E-state index in [1.165, 1.54) is 31.2 Å². The summed E-state index contributed by atoms with van der Waals surface area (Å²) in [6.07, 6.45) is 6.31. The predicted octanol–water partition coefficient (Wildman–Crippen LogP) is 3.46. The highest BCUT2D eigenvalue weighted by Gasteiger charge is 2.58. The van der Waals surface area contributed by atoms with Crippen molar-refractivity contribution in [1.29, 1.82) is 0 Å². The molecule has 18 heavy (non-hydrogen) atoms. The van der Waals surface area contributed by atoms with Crippen molar-refractivity contribution >= 4 is 0 Å². The smallest absolute Gasteiger partial charge is 0.161 e. The average Bonchev–Trinajstić information content (AvgIpc) is 2.96. The van der Waals surface area contributed by atoms with Crippen LogP contribution in [0.15, 0.2) is 30.3 Å². The normalized spacial score (nSPS) is 42.6. The molecule has 3 aliphatic rings. The SMILES string of the molecule is c1ccc([C@]23CCC[C@H]2[C@H]2CCCO[C@H]2O3)cc1. The Morgan fingerprint density at radius 3 is 2.83 bits per heavy atom. The van der Waals surface area contributed by atoms with Gasteiger partial charge in [-0.05, 0) is 43.6 Å². The van der Waals surface area contributed by atoms with Crippen LogP contribution in [0.25, 0.3) is 0 Å². The Balaban J connectivity index is 1.75. The van der Waals surface area contributed by atoms with Gasteiger partial charge in [0.2, 0.25) is 0 Å². The summed E-state index contributed by atoms with van der Waals surface area (Å²) in [5, 5.41) is 0. The molecular formula is C16H20O2. The van der Waals surface area contributed by atoms with Gasteiger partial charge in [0, 0.05) is 12.5 Å². The van der Waals surface area contributed by atoms with Gasteiger partial charge >= 0.3 is 0 Å². The van der Waals surface area contributed by atoms with Gasteiger partial charge in [-0.2, -0.15) is 0 Å². The molecule has 2 heterocycles. The molecule has 4 rings (SSSR count). The molecule has 1 aromatic rings. The average molecular weight is 244 g/mol. The fourth-order valence-corrected chi connectivity index (χ4v) is 4.35. The van der Waals surface area contributed by atoms with Gasteiger partial charge in [-0.15, -0.1) is 0 Å². The van der Waals surface area contributed by atoms with Gasteiger partial charge in [-0.25, -0.2) is 0 Å². The third-order valence-electron chi connectivity index (χ3n) is 5.08. The Morgan fingerprint density at radius 2 is 1.94 bits per heavy atom. The van der Waals surface area contributed by atoms with Crippen LogP contribution in [-0.4, -0.2) is 12.9 Å². The Labute approximate surface area is 108 Å². The van der Waals surface area contributed by atoms with Crippen molar-refractivity contribution < 1.29 is 9.47 Å². The quantitative estimate of drug-likeness (QED) is 0.753. The Hall–Kier alpha value is -0.860. The summed E-state index contributed by atoms with van der Waals surface area (Å²) < 4.78 is 12.3. The van der Waals surface area contributed by atoms with Crippen molar-refractivity contribution in [2.24, 2.45) is 11.8 Å². The van der Waals surface area contributed by atoms with Gasteiger partial charge < -0.3 is 9.47 Å². The lowest BCUT2D eigenvalue weighted by atomic mass is 9.77. The summed E-state index contributed by atoms with van der Waals surface area (Å²) in [4.78, 5) is 0. The van der Waals surface area contributed by atoms with Gasteiger partial charge in [0.05, 0.1) is 5.60 Å². The number of ether oxygens (including phenoxy) is 2. The summed E-state index contributed by atoms with van der Waals surface area (Å²) >= 11 is 0. The van der Waals surface area contributed by atoms with Crippen molar-refractivity contribution in [1.82, 2.24) is 0 Å². The highest BCUT2D eigenvalue weighted by Crippen LogP contribution is 2.58. The molecule has 1 aliphatic carbocycles. The van der Waals surface area contributed by atoms with Gasteiger partial charge in [0.15, 0.2) is 6.29 Å². The van der Waals surface area contributed by atoms with E-state index in [0.29, 0.717) is 11.8 Å². The zero-order valence-electron chi connectivity index (χ0n) is 10.7. The molecule has 0 radical (unpaired) electrons. The van der Waals surface area contributed by atoms with Gasteiger partial charge in [0.1, 0.15) is 0 Å². The van der Waals surface area contributed by atoms with Crippen LogP contribution >= 0.6 is 0 Å². The van der Waals surface area contributed by atoms with E-state index in [2.05, 4.69) is 30.3 Å². The lowest BCUT2D eigenvalue weighted by Crippen LogP contribution is -2.29. The third-order valence-corrected chi connectivity index (χ3v) is 5.08. The summed E-state index contributed by atoms with van der Waals surface area (Å²) in [7, 11) is 0. The largest absolute Gasteiger partial charge is 0.352 e. The highest BCUT2D eigenvalue weighted by molar-refractivity contribution is 5.27. The van der Waals surface area contributed by atoms with E-state index in [1.807, 2.05) is 0 Å². The van der Waals surface area contributed by atoms with Crippen LogP contribution in [0.1, 0.15) is 37.7 Å². The first-order chi connectivity index (χ1) is 8.90. The van der Waals surface area contributed by atoms with E-state index < -0.39 is 0 Å². The molecule has 0 aromatic heterocycles. The first-order valence-corrected chi connectivity index (χ1v) is 7.25. The zero-order chi connectivity index (χ0) is 12.0. The highest BCUT2D eigenvalue weighted by atomic mass is 16.7. The second-order valence-corrected chi connectivity index (χ2v) is 5.92. The van der Waals surface area contributed by atoms with Crippen LogP contribution in [0.2, 0.25) is 0 Å². The number of benzene rings is 1. The molecule has 1 aromatic carbocycles. The van der Waals surface area contributed by atoms with Crippen molar-refractivity contribution in [2.45, 2.75) is 44.0 Å². The number of hydrogen-bond donors (Lipinski definition) is 0. The van der Waals surface area contributed by atoms with E-state index >= 15 is 0 Å². The molecule has 2 heteroatoms. The molecule has 0 N–H and O–H groups in total. The van der Waals surface area contributed by atoms with E-state index in [0.717, 1.165) is 13.0 Å². The summed E-state index contributed by atoms with van der Waals surface area (Å²) in [6, 6.07) is 10.8. The molecule has 0 unspecified atom stereocenters. The van der Waals surface area contributed by atoms with Crippen molar-refractivity contribution in [3.05, 3.63) is 35.9 Å². The fraction of sp³-hybridized carbons (Fsp3) is 0.625. The van der Waals surface area contributed by atoms with Crippen LogP contribution < -0.4 is 0 Å². The molecule has 1 saturated carbocycles. The third kappa shape index (κ3) is 1.42. The van der Waals surface area contributed by atoms with E-state index in [-0.39, 0.29) is 11.9 Å². The molecule has 3 fully saturated rings. The minimum absolute atomic E-state index is 0.0407. The summed E-state index contributed by atoms with van der Waals surface area (Å²) in [5.41, 5.74) is 1.33. The molecule has 2 nitrogen and oxygen atoms in total. The lowest BCUT2D eigenvalue weighted by molar-refractivity contribution is -0.196. The molecular weight excluding hydrogens is 224 g/mol. The van der Waals surface area contributed by atoms with Crippen molar-refractivity contribution in [2.75, 3.05) is 6.61 Å². The minimum Gasteiger partial charge on any atom is -0.352 e. The first kappa shape index (κ1) is 11.0. The van der Waals surface area contributed by atoms with E-state index in [4.69, 9.17) is 9.47 Å². The number of hydrogen-bond acceptors (Lipinski definition) is 2. The maximum Gasteiger partial charge on any atom is 0.161 e. The second kappa shape index (κ2) is 4.07. The zero-order valence-corrected chi connectivity index (χ0v) is 10.7. The summed E-state index contributed by atoms with van der Waals surface area (Å²) in [5.74, 6) is 1.30. The van der Waals surface area contributed by atoms with Crippen LogP contribution in [0, 0.1) is 11.8 Å². The Kier molecular flexibility index (Phi) is 2.49. The van der Waals surface area contributed by atoms with Crippen LogP contribution in [0.3, 0.4) is 0 Å².